The molecule has 156 valence electrons. The molecule has 0 bridgehead atoms. The second-order valence-electron chi connectivity index (χ2n) is 7.87. The number of nitrogens with zero attached hydrogens (tertiary/aromatic N) is 2. The van der Waals surface area contributed by atoms with Crippen molar-refractivity contribution in [2.75, 3.05) is 24.7 Å². The van der Waals surface area contributed by atoms with E-state index in [1.165, 1.54) is 0 Å². The highest BCUT2D eigenvalue weighted by molar-refractivity contribution is 5.70. The molecule has 0 unspecified atom stereocenters. The Labute approximate surface area is 182 Å². The Bertz CT molecular complexity index is 1230. The Balaban J connectivity index is 1.67. The van der Waals surface area contributed by atoms with Crippen molar-refractivity contribution in [3.63, 3.8) is 0 Å². The minimum atomic E-state index is 0.772. The minimum Gasteiger partial charge on any atom is -0.496 e. The molecule has 0 amide bonds. The molecule has 3 aromatic carbocycles. The van der Waals surface area contributed by atoms with Crippen LogP contribution in [0.4, 0.5) is 11.6 Å². The molecule has 5 nitrogen and oxygen atoms in total. The molecule has 3 N–H and O–H groups in total. The molecule has 1 aliphatic rings. The van der Waals surface area contributed by atoms with Crippen LogP contribution < -0.4 is 20.4 Å². The maximum atomic E-state index is 6.02. The Morgan fingerprint density at radius 2 is 1.74 bits per heavy atom. The number of benzene rings is 3. The van der Waals surface area contributed by atoms with E-state index in [2.05, 4.69) is 63.1 Å². The summed E-state index contributed by atoms with van der Waals surface area (Å²) in [6.07, 6.45) is 4.50. The van der Waals surface area contributed by atoms with E-state index < -0.39 is 0 Å². The number of hydrogen-bond acceptors (Lipinski definition) is 3. The van der Waals surface area contributed by atoms with Gasteiger partial charge in [0.1, 0.15) is 23.3 Å². The van der Waals surface area contributed by atoms with Crippen molar-refractivity contribution in [1.82, 2.24) is 4.57 Å². The largest absolute Gasteiger partial charge is 0.496 e. The van der Waals surface area contributed by atoms with Crippen molar-refractivity contribution >= 4 is 11.6 Å². The SMILES string of the molecule is COc1ccccc1-c1cn(-c2cccc(-c3cccc(N)c3)c2)c2[n+]1CCCCN2. The fourth-order valence-electron chi connectivity index (χ4n) is 4.32. The van der Waals surface area contributed by atoms with Gasteiger partial charge < -0.3 is 10.5 Å². The van der Waals surface area contributed by atoms with E-state index in [0.29, 0.717) is 0 Å². The highest BCUT2D eigenvalue weighted by Crippen LogP contribution is 2.32. The van der Waals surface area contributed by atoms with Gasteiger partial charge >= 0.3 is 5.95 Å². The van der Waals surface area contributed by atoms with Gasteiger partial charge in [-0.05, 0) is 60.4 Å². The monoisotopic (exact) mass is 411 g/mol. The van der Waals surface area contributed by atoms with Crippen LogP contribution in [-0.2, 0) is 6.54 Å². The lowest BCUT2D eigenvalue weighted by atomic mass is 10.0. The average Bonchev–Trinajstić information content (AvgIpc) is 2.99. The summed E-state index contributed by atoms with van der Waals surface area (Å²) in [5.74, 6) is 1.98. The standard InChI is InChI=1S/C26H26N4O/c1-31-25-13-3-2-12-23(25)24-18-30(26-28-14-4-5-15-29(24)26)22-11-7-9-20(17-22)19-8-6-10-21(27)16-19/h2-3,6-13,16-18H,4-5,14-15,27H2,1H3/p+1. The zero-order chi connectivity index (χ0) is 21.2. The molecule has 0 saturated carbocycles. The van der Waals surface area contributed by atoms with Crippen LogP contribution in [0, 0.1) is 0 Å². The third-order valence-electron chi connectivity index (χ3n) is 5.84. The number of anilines is 2. The lowest BCUT2D eigenvalue weighted by Crippen LogP contribution is -2.36. The smallest absolute Gasteiger partial charge is 0.362 e. The highest BCUT2D eigenvalue weighted by atomic mass is 16.5. The number of nitrogens with two attached hydrogens (primary N) is 1. The van der Waals surface area contributed by atoms with Gasteiger partial charge in [0.05, 0.1) is 25.8 Å². The van der Waals surface area contributed by atoms with E-state index in [-0.39, 0.29) is 0 Å². The van der Waals surface area contributed by atoms with Gasteiger partial charge in [-0.1, -0.05) is 36.4 Å². The first-order valence-corrected chi connectivity index (χ1v) is 10.7. The number of aromatic nitrogens is 2. The molecular formula is C26H27N4O+. The van der Waals surface area contributed by atoms with Crippen molar-refractivity contribution in [3.05, 3.63) is 79.0 Å². The van der Waals surface area contributed by atoms with Gasteiger partial charge in [0, 0.05) is 5.69 Å². The molecule has 1 aliphatic heterocycles. The molecule has 31 heavy (non-hydrogen) atoms. The Morgan fingerprint density at radius 3 is 2.58 bits per heavy atom. The van der Waals surface area contributed by atoms with Crippen molar-refractivity contribution < 1.29 is 9.30 Å². The molecule has 0 spiro atoms. The summed E-state index contributed by atoms with van der Waals surface area (Å²) in [4.78, 5) is 0. The van der Waals surface area contributed by atoms with Crippen LogP contribution >= 0.6 is 0 Å². The van der Waals surface area contributed by atoms with E-state index in [1.54, 1.807) is 7.11 Å². The molecule has 2 heterocycles. The topological polar surface area (TPSA) is 56.1 Å². The van der Waals surface area contributed by atoms with Gasteiger partial charge in [-0.2, -0.15) is 0 Å². The molecule has 5 rings (SSSR count). The Morgan fingerprint density at radius 1 is 0.935 bits per heavy atom. The molecular weight excluding hydrogens is 384 g/mol. The zero-order valence-electron chi connectivity index (χ0n) is 17.7. The van der Waals surface area contributed by atoms with E-state index in [9.17, 15) is 0 Å². The first-order valence-electron chi connectivity index (χ1n) is 10.7. The summed E-state index contributed by atoms with van der Waals surface area (Å²) in [7, 11) is 1.73. The molecule has 0 aliphatic carbocycles. The van der Waals surface area contributed by atoms with E-state index in [4.69, 9.17) is 10.5 Å². The van der Waals surface area contributed by atoms with Crippen LogP contribution in [0.5, 0.6) is 5.75 Å². The minimum absolute atomic E-state index is 0.772. The van der Waals surface area contributed by atoms with Crippen molar-refractivity contribution in [2.45, 2.75) is 19.4 Å². The summed E-state index contributed by atoms with van der Waals surface area (Å²) in [5, 5.41) is 3.65. The highest BCUT2D eigenvalue weighted by Gasteiger charge is 2.27. The first kappa shape index (κ1) is 19.2. The summed E-state index contributed by atoms with van der Waals surface area (Å²) >= 11 is 0. The van der Waals surface area contributed by atoms with Crippen LogP contribution in [0.25, 0.3) is 28.1 Å². The summed E-state index contributed by atoms with van der Waals surface area (Å²) in [5.41, 5.74) is 12.4. The van der Waals surface area contributed by atoms with Gasteiger partial charge in [0.15, 0.2) is 0 Å². The number of rotatable bonds is 4. The van der Waals surface area contributed by atoms with E-state index in [1.807, 2.05) is 30.3 Å². The second kappa shape index (κ2) is 8.19. The second-order valence-corrected chi connectivity index (χ2v) is 7.87. The lowest BCUT2D eigenvalue weighted by Gasteiger charge is -2.08. The molecule has 4 aromatic rings. The van der Waals surface area contributed by atoms with Crippen LogP contribution in [0.3, 0.4) is 0 Å². The first-order chi connectivity index (χ1) is 15.2. The normalized spacial score (nSPS) is 13.2. The predicted molar refractivity (Wildman–Crippen MR) is 126 cm³/mol. The fourth-order valence-corrected chi connectivity index (χ4v) is 4.32. The lowest BCUT2D eigenvalue weighted by molar-refractivity contribution is -0.670. The molecule has 5 heteroatoms. The average molecular weight is 412 g/mol. The molecule has 1 aromatic heterocycles. The zero-order valence-corrected chi connectivity index (χ0v) is 17.7. The van der Waals surface area contributed by atoms with Crippen molar-refractivity contribution in [1.29, 1.82) is 0 Å². The van der Waals surface area contributed by atoms with Crippen LogP contribution in [-0.4, -0.2) is 18.2 Å². The third-order valence-corrected chi connectivity index (χ3v) is 5.84. The predicted octanol–water partition coefficient (Wildman–Crippen LogP) is 4.90. The Kier molecular flexibility index (Phi) is 5.08. The fraction of sp³-hybridized carbons (Fsp3) is 0.192. The number of para-hydroxylation sites is 1. The van der Waals surface area contributed by atoms with E-state index in [0.717, 1.165) is 71.4 Å². The number of ether oxygens (including phenoxy) is 1. The summed E-state index contributed by atoms with van der Waals surface area (Å²) < 4.78 is 10.3. The van der Waals surface area contributed by atoms with Crippen molar-refractivity contribution in [2.24, 2.45) is 0 Å². The number of nitrogens with one attached hydrogen (secondary N) is 1. The number of methoxy groups -OCH3 is 1. The third kappa shape index (κ3) is 3.63. The van der Waals surface area contributed by atoms with Gasteiger partial charge in [0.2, 0.25) is 0 Å². The van der Waals surface area contributed by atoms with Crippen molar-refractivity contribution in [3.8, 4) is 33.8 Å². The summed E-state index contributed by atoms with van der Waals surface area (Å²) in [6, 6.07) is 24.8. The van der Waals surface area contributed by atoms with Crippen LogP contribution in [0.2, 0.25) is 0 Å². The maximum absolute atomic E-state index is 6.02. The van der Waals surface area contributed by atoms with E-state index >= 15 is 0 Å². The van der Waals surface area contributed by atoms with Gasteiger partial charge in [0.25, 0.3) is 0 Å². The van der Waals surface area contributed by atoms with Crippen LogP contribution in [0.15, 0.2) is 79.0 Å². The number of fused-ring (bicyclic) bond motifs is 1. The number of imidazole rings is 1. The van der Waals surface area contributed by atoms with Gasteiger partial charge in [-0.3, -0.25) is 5.32 Å². The molecule has 0 atom stereocenters. The summed E-state index contributed by atoms with van der Waals surface area (Å²) in [6.45, 7) is 1.93. The van der Waals surface area contributed by atoms with Crippen LogP contribution in [0.1, 0.15) is 12.8 Å². The van der Waals surface area contributed by atoms with Gasteiger partial charge in [-0.25, -0.2) is 9.13 Å². The van der Waals surface area contributed by atoms with Gasteiger partial charge in [-0.15, -0.1) is 0 Å². The quantitative estimate of drug-likeness (QED) is 0.371. The molecule has 0 fully saturated rings. The maximum Gasteiger partial charge on any atom is 0.362 e. The number of nitrogen functional groups attached to an aromatic ring is 1. The molecule has 0 radical (unpaired) electrons. The molecule has 0 saturated heterocycles. The number of hydrogen-bond donors (Lipinski definition) is 2. The Hall–Kier alpha value is -3.73.